The first-order chi connectivity index (χ1) is 13.7. The Kier molecular flexibility index (Phi) is 20.9. The lowest BCUT2D eigenvalue weighted by atomic mass is 10.1. The minimum absolute atomic E-state index is 0.0352. The van der Waals surface area contributed by atoms with Crippen LogP contribution in [-0.2, 0) is 19.1 Å². The fourth-order valence-electron chi connectivity index (χ4n) is 2.81. The first-order valence-electron chi connectivity index (χ1n) is 11.7. The molecule has 0 aliphatic rings. The molecule has 0 N–H and O–H groups in total. The van der Waals surface area contributed by atoms with Gasteiger partial charge in [-0.05, 0) is 51.4 Å². The summed E-state index contributed by atoms with van der Waals surface area (Å²) in [5.41, 5.74) is 0. The molecule has 0 heterocycles. The summed E-state index contributed by atoms with van der Waals surface area (Å²) in [7, 11) is 0. The van der Waals surface area contributed by atoms with Crippen molar-refractivity contribution in [2.24, 2.45) is 0 Å². The van der Waals surface area contributed by atoms with Gasteiger partial charge in [0.25, 0.3) is 0 Å². The van der Waals surface area contributed by atoms with E-state index < -0.39 is 0 Å². The Balaban J connectivity index is 3.25. The van der Waals surface area contributed by atoms with Crippen LogP contribution in [0.2, 0.25) is 0 Å². The quantitative estimate of drug-likeness (QED) is 0.127. The molecule has 0 amide bonds. The summed E-state index contributed by atoms with van der Waals surface area (Å²) in [5, 5.41) is 0. The highest BCUT2D eigenvalue weighted by Gasteiger charge is 2.02. The smallest absolute Gasteiger partial charge is 0.305 e. The van der Waals surface area contributed by atoms with Crippen molar-refractivity contribution in [1.82, 2.24) is 0 Å². The Hall–Kier alpha value is -1.32. The monoisotopic (exact) mass is 396 g/mol. The molecular weight excluding hydrogens is 352 g/mol. The molecular formula is C24H44O4. The molecule has 0 saturated carbocycles. The van der Waals surface area contributed by atoms with Crippen molar-refractivity contribution < 1.29 is 19.1 Å². The van der Waals surface area contributed by atoms with E-state index in [4.69, 9.17) is 9.47 Å². The Morgan fingerprint density at radius 2 is 0.964 bits per heavy atom. The Morgan fingerprint density at radius 1 is 0.571 bits per heavy atom. The topological polar surface area (TPSA) is 52.6 Å². The summed E-state index contributed by atoms with van der Waals surface area (Å²) >= 11 is 0. The van der Waals surface area contributed by atoms with Gasteiger partial charge in [0.05, 0.1) is 13.2 Å². The van der Waals surface area contributed by atoms with Crippen LogP contribution in [0, 0.1) is 0 Å². The fraction of sp³-hybridized carbons (Fsp3) is 0.833. The van der Waals surface area contributed by atoms with E-state index in [1.54, 1.807) is 0 Å². The minimum atomic E-state index is -0.0502. The number of ether oxygens (including phenoxy) is 2. The molecule has 0 saturated heterocycles. The van der Waals surface area contributed by atoms with Crippen LogP contribution in [0.25, 0.3) is 0 Å². The van der Waals surface area contributed by atoms with Crippen molar-refractivity contribution in [3.8, 4) is 0 Å². The molecule has 0 spiro atoms. The maximum atomic E-state index is 11.5. The number of esters is 2. The molecule has 0 fully saturated rings. The third-order valence-corrected chi connectivity index (χ3v) is 4.69. The maximum absolute atomic E-state index is 11.5. The molecule has 0 radical (unpaired) electrons. The predicted molar refractivity (Wildman–Crippen MR) is 116 cm³/mol. The molecule has 0 unspecified atom stereocenters. The molecule has 164 valence electrons. The molecule has 0 bridgehead atoms. The highest BCUT2D eigenvalue weighted by molar-refractivity contribution is 5.69. The van der Waals surface area contributed by atoms with Crippen LogP contribution in [0.3, 0.4) is 0 Å². The maximum Gasteiger partial charge on any atom is 0.305 e. The third-order valence-electron chi connectivity index (χ3n) is 4.69. The summed E-state index contributed by atoms with van der Waals surface area (Å²) in [5.74, 6) is -0.0854. The van der Waals surface area contributed by atoms with Gasteiger partial charge in [0, 0.05) is 12.8 Å². The second kappa shape index (κ2) is 22.0. The molecule has 0 aromatic heterocycles. The zero-order valence-electron chi connectivity index (χ0n) is 18.5. The van der Waals surface area contributed by atoms with E-state index in [9.17, 15) is 9.59 Å². The van der Waals surface area contributed by atoms with Gasteiger partial charge < -0.3 is 9.47 Å². The largest absolute Gasteiger partial charge is 0.466 e. The van der Waals surface area contributed by atoms with Gasteiger partial charge >= 0.3 is 11.9 Å². The van der Waals surface area contributed by atoms with Crippen molar-refractivity contribution >= 4 is 11.9 Å². The number of hydrogen-bond acceptors (Lipinski definition) is 4. The minimum Gasteiger partial charge on any atom is -0.466 e. The van der Waals surface area contributed by atoms with Crippen LogP contribution >= 0.6 is 0 Å². The lowest BCUT2D eigenvalue weighted by Gasteiger charge is -2.04. The molecule has 4 nitrogen and oxygen atoms in total. The van der Waals surface area contributed by atoms with Crippen LogP contribution < -0.4 is 0 Å². The number of rotatable bonds is 20. The molecule has 0 aliphatic heterocycles. The third kappa shape index (κ3) is 21.0. The standard InChI is InChI=1S/C24H44O4/c1-3-5-21-27-23(25)19-17-15-13-11-9-7-8-10-12-14-16-18-20-24(26)28-22-6-4-2/h9,11H,3-8,10,12-22H2,1-2H3/b11-9+. The van der Waals surface area contributed by atoms with E-state index in [1.165, 1.54) is 25.7 Å². The van der Waals surface area contributed by atoms with Crippen molar-refractivity contribution in [2.45, 2.75) is 117 Å². The van der Waals surface area contributed by atoms with E-state index >= 15 is 0 Å². The first kappa shape index (κ1) is 26.7. The second-order valence-electron chi connectivity index (χ2n) is 7.53. The Bertz CT molecular complexity index is 390. The van der Waals surface area contributed by atoms with E-state index in [0.29, 0.717) is 26.1 Å². The SMILES string of the molecule is CCCCOC(=O)CCCC/C=C/CCCCCCCCC(=O)OCCCC. The van der Waals surface area contributed by atoms with Gasteiger partial charge in [0.1, 0.15) is 0 Å². The second-order valence-corrected chi connectivity index (χ2v) is 7.53. The molecule has 0 atom stereocenters. The van der Waals surface area contributed by atoms with Crippen molar-refractivity contribution in [3.05, 3.63) is 12.2 Å². The molecule has 4 heteroatoms. The van der Waals surface area contributed by atoms with Gasteiger partial charge in [-0.3, -0.25) is 9.59 Å². The average molecular weight is 397 g/mol. The summed E-state index contributed by atoms with van der Waals surface area (Å²) in [6, 6.07) is 0. The lowest BCUT2D eigenvalue weighted by molar-refractivity contribution is -0.144. The van der Waals surface area contributed by atoms with Crippen molar-refractivity contribution in [1.29, 1.82) is 0 Å². The first-order valence-corrected chi connectivity index (χ1v) is 11.7. The van der Waals surface area contributed by atoms with Crippen LogP contribution in [0.5, 0.6) is 0 Å². The molecule has 0 aromatic rings. The highest BCUT2D eigenvalue weighted by atomic mass is 16.5. The van der Waals surface area contributed by atoms with Crippen molar-refractivity contribution in [3.63, 3.8) is 0 Å². The van der Waals surface area contributed by atoms with Gasteiger partial charge in [-0.25, -0.2) is 0 Å². The average Bonchev–Trinajstić information content (AvgIpc) is 2.68. The number of unbranched alkanes of at least 4 members (excludes halogenated alkanes) is 10. The number of allylic oxidation sites excluding steroid dienone is 2. The van der Waals surface area contributed by atoms with Crippen LogP contribution in [0.4, 0.5) is 0 Å². The van der Waals surface area contributed by atoms with Crippen LogP contribution in [0.1, 0.15) is 117 Å². The Morgan fingerprint density at radius 3 is 1.46 bits per heavy atom. The normalized spacial score (nSPS) is 11.1. The number of hydrogen-bond donors (Lipinski definition) is 0. The fourth-order valence-corrected chi connectivity index (χ4v) is 2.81. The zero-order valence-corrected chi connectivity index (χ0v) is 18.5. The van der Waals surface area contributed by atoms with Gasteiger partial charge in [0.2, 0.25) is 0 Å². The van der Waals surface area contributed by atoms with E-state index in [0.717, 1.165) is 64.2 Å². The highest BCUT2D eigenvalue weighted by Crippen LogP contribution is 2.10. The van der Waals surface area contributed by atoms with Gasteiger partial charge in [-0.15, -0.1) is 0 Å². The number of carbonyl (C=O) groups is 2. The molecule has 0 rings (SSSR count). The van der Waals surface area contributed by atoms with Gasteiger partial charge in [-0.2, -0.15) is 0 Å². The Labute approximate surface area is 173 Å². The zero-order chi connectivity index (χ0) is 20.7. The predicted octanol–water partition coefficient (Wildman–Crippen LogP) is 6.91. The molecule has 28 heavy (non-hydrogen) atoms. The molecule has 0 aromatic carbocycles. The molecule has 0 aliphatic carbocycles. The van der Waals surface area contributed by atoms with Gasteiger partial charge in [0.15, 0.2) is 0 Å². The summed E-state index contributed by atoms with van der Waals surface area (Å²) in [4.78, 5) is 22.9. The van der Waals surface area contributed by atoms with Crippen LogP contribution in [-0.4, -0.2) is 25.2 Å². The summed E-state index contributed by atoms with van der Waals surface area (Å²) in [6.45, 7) is 5.34. The van der Waals surface area contributed by atoms with E-state index in [1.807, 2.05) is 0 Å². The summed E-state index contributed by atoms with van der Waals surface area (Å²) < 4.78 is 10.3. The summed E-state index contributed by atoms with van der Waals surface area (Å²) in [6.07, 6.45) is 20.9. The number of carbonyl (C=O) groups excluding carboxylic acids is 2. The van der Waals surface area contributed by atoms with Gasteiger partial charge in [-0.1, -0.05) is 64.5 Å². The van der Waals surface area contributed by atoms with Crippen LogP contribution in [0.15, 0.2) is 12.2 Å². The lowest BCUT2D eigenvalue weighted by Crippen LogP contribution is -2.05. The van der Waals surface area contributed by atoms with E-state index in [-0.39, 0.29) is 11.9 Å². The van der Waals surface area contributed by atoms with Crippen molar-refractivity contribution in [2.75, 3.05) is 13.2 Å². The van der Waals surface area contributed by atoms with E-state index in [2.05, 4.69) is 26.0 Å².